The smallest absolute Gasteiger partial charge is 0.221 e. The fraction of sp³-hybridized carbons (Fsp3) is 0.500. The molecule has 17 heavy (non-hydrogen) atoms. The summed E-state index contributed by atoms with van der Waals surface area (Å²) in [6.45, 7) is 5.40. The molecule has 0 aliphatic carbocycles. The van der Waals surface area contributed by atoms with E-state index in [4.69, 9.17) is 5.73 Å². The van der Waals surface area contributed by atoms with E-state index < -0.39 is 0 Å². The van der Waals surface area contributed by atoms with E-state index in [0.29, 0.717) is 19.5 Å². The van der Waals surface area contributed by atoms with Crippen LogP contribution in [0, 0.1) is 5.41 Å². The molecule has 0 aliphatic rings. The van der Waals surface area contributed by atoms with Crippen molar-refractivity contribution in [3.63, 3.8) is 0 Å². The van der Waals surface area contributed by atoms with Gasteiger partial charge in [-0.1, -0.05) is 44.2 Å². The second-order valence-corrected chi connectivity index (χ2v) is 5.14. The van der Waals surface area contributed by atoms with E-state index in [2.05, 4.69) is 31.3 Å². The Morgan fingerprint density at radius 1 is 1.29 bits per heavy atom. The first kappa shape index (κ1) is 13.7. The number of benzene rings is 1. The minimum atomic E-state index is 0.0358. The van der Waals surface area contributed by atoms with Gasteiger partial charge in [-0.25, -0.2) is 0 Å². The van der Waals surface area contributed by atoms with Crippen LogP contribution in [0.2, 0.25) is 0 Å². The second-order valence-electron chi connectivity index (χ2n) is 5.14. The maximum atomic E-state index is 11.4. The van der Waals surface area contributed by atoms with Crippen molar-refractivity contribution in [2.24, 2.45) is 11.1 Å². The number of carbonyl (C=O) groups excluding carboxylic acids is 1. The van der Waals surface area contributed by atoms with Crippen molar-refractivity contribution in [2.45, 2.75) is 26.7 Å². The lowest BCUT2D eigenvalue weighted by Crippen LogP contribution is -2.36. The normalized spacial score (nSPS) is 11.2. The molecule has 3 N–H and O–H groups in total. The standard InChI is InChI=1S/C14H22N2O/c1-14(2,11-16-13(17)8-9-15)10-12-6-4-3-5-7-12/h3-7H,8-11,15H2,1-2H3,(H,16,17). The summed E-state index contributed by atoms with van der Waals surface area (Å²) in [4.78, 5) is 11.4. The third-order valence-electron chi connectivity index (χ3n) is 2.66. The number of nitrogens with one attached hydrogen (secondary N) is 1. The fourth-order valence-corrected chi connectivity index (χ4v) is 1.77. The molecule has 3 nitrogen and oxygen atoms in total. The van der Waals surface area contributed by atoms with E-state index >= 15 is 0 Å². The maximum absolute atomic E-state index is 11.4. The molecule has 0 bridgehead atoms. The molecule has 1 aromatic carbocycles. The number of carbonyl (C=O) groups is 1. The molecule has 0 aromatic heterocycles. The predicted molar refractivity (Wildman–Crippen MR) is 70.6 cm³/mol. The van der Waals surface area contributed by atoms with Crippen molar-refractivity contribution < 1.29 is 4.79 Å². The van der Waals surface area contributed by atoms with Crippen LogP contribution in [-0.2, 0) is 11.2 Å². The van der Waals surface area contributed by atoms with E-state index in [-0.39, 0.29) is 11.3 Å². The quantitative estimate of drug-likeness (QED) is 0.787. The first-order valence-electron chi connectivity index (χ1n) is 6.04. The molecule has 1 rings (SSSR count). The molecule has 0 aliphatic heterocycles. The first-order valence-corrected chi connectivity index (χ1v) is 6.04. The van der Waals surface area contributed by atoms with Gasteiger partial charge in [0.25, 0.3) is 0 Å². The summed E-state index contributed by atoms with van der Waals surface area (Å²) >= 11 is 0. The zero-order valence-electron chi connectivity index (χ0n) is 10.7. The zero-order chi connectivity index (χ0) is 12.7. The van der Waals surface area contributed by atoms with Gasteiger partial charge in [-0.3, -0.25) is 4.79 Å². The highest BCUT2D eigenvalue weighted by Gasteiger charge is 2.19. The average Bonchev–Trinajstić information content (AvgIpc) is 2.28. The number of amides is 1. The van der Waals surface area contributed by atoms with Gasteiger partial charge in [-0.05, 0) is 17.4 Å². The summed E-state index contributed by atoms with van der Waals surface area (Å²) in [6.07, 6.45) is 1.36. The minimum Gasteiger partial charge on any atom is -0.356 e. The maximum Gasteiger partial charge on any atom is 0.221 e. The average molecular weight is 234 g/mol. The molecule has 0 saturated heterocycles. The highest BCUT2D eigenvalue weighted by Crippen LogP contribution is 2.20. The van der Waals surface area contributed by atoms with Gasteiger partial charge in [0.05, 0.1) is 0 Å². The molecule has 0 spiro atoms. The number of hydrogen-bond donors (Lipinski definition) is 2. The highest BCUT2D eigenvalue weighted by atomic mass is 16.1. The third-order valence-corrected chi connectivity index (χ3v) is 2.66. The summed E-state index contributed by atoms with van der Waals surface area (Å²) in [5, 5.41) is 2.93. The summed E-state index contributed by atoms with van der Waals surface area (Å²) in [7, 11) is 0. The third kappa shape index (κ3) is 5.50. The van der Waals surface area contributed by atoms with Crippen LogP contribution in [0.4, 0.5) is 0 Å². The molecule has 3 heteroatoms. The van der Waals surface area contributed by atoms with Crippen LogP contribution in [0.3, 0.4) is 0 Å². The van der Waals surface area contributed by atoms with E-state index in [1.54, 1.807) is 0 Å². The lowest BCUT2D eigenvalue weighted by atomic mass is 9.85. The van der Waals surface area contributed by atoms with Gasteiger partial charge in [-0.2, -0.15) is 0 Å². The van der Waals surface area contributed by atoms with Crippen LogP contribution in [0.5, 0.6) is 0 Å². The Morgan fingerprint density at radius 2 is 1.94 bits per heavy atom. The first-order chi connectivity index (χ1) is 8.03. The molecule has 0 heterocycles. The fourth-order valence-electron chi connectivity index (χ4n) is 1.77. The van der Waals surface area contributed by atoms with E-state index in [1.807, 2.05) is 18.2 Å². The molecule has 0 unspecified atom stereocenters. The van der Waals surface area contributed by atoms with E-state index in [0.717, 1.165) is 6.42 Å². The summed E-state index contributed by atoms with van der Waals surface area (Å²) in [5.41, 5.74) is 6.69. The summed E-state index contributed by atoms with van der Waals surface area (Å²) < 4.78 is 0. The summed E-state index contributed by atoms with van der Waals surface area (Å²) in [5.74, 6) is 0.0358. The summed E-state index contributed by atoms with van der Waals surface area (Å²) in [6, 6.07) is 10.3. The Kier molecular flexibility index (Phi) is 5.16. The van der Waals surface area contributed by atoms with Crippen LogP contribution >= 0.6 is 0 Å². The lowest BCUT2D eigenvalue weighted by Gasteiger charge is -2.25. The van der Waals surface area contributed by atoms with E-state index in [9.17, 15) is 4.79 Å². The molecule has 94 valence electrons. The van der Waals surface area contributed by atoms with Crippen LogP contribution < -0.4 is 11.1 Å². The molecular weight excluding hydrogens is 212 g/mol. The van der Waals surface area contributed by atoms with Gasteiger partial charge >= 0.3 is 0 Å². The van der Waals surface area contributed by atoms with E-state index in [1.165, 1.54) is 5.56 Å². The Labute approximate surface area is 103 Å². The van der Waals surface area contributed by atoms with Gasteiger partial charge < -0.3 is 11.1 Å². The molecule has 0 radical (unpaired) electrons. The number of rotatable bonds is 6. The van der Waals surface area contributed by atoms with Gasteiger partial charge in [0, 0.05) is 19.5 Å². The van der Waals surface area contributed by atoms with Crippen molar-refractivity contribution in [3.05, 3.63) is 35.9 Å². The van der Waals surface area contributed by atoms with Gasteiger partial charge in [0.1, 0.15) is 0 Å². The van der Waals surface area contributed by atoms with Crippen molar-refractivity contribution in [2.75, 3.05) is 13.1 Å². The Balaban J connectivity index is 2.43. The Hall–Kier alpha value is -1.35. The molecule has 0 fully saturated rings. The van der Waals surface area contributed by atoms with Gasteiger partial charge in [0.15, 0.2) is 0 Å². The van der Waals surface area contributed by atoms with Crippen LogP contribution in [0.1, 0.15) is 25.8 Å². The van der Waals surface area contributed by atoms with Gasteiger partial charge in [-0.15, -0.1) is 0 Å². The highest BCUT2D eigenvalue weighted by molar-refractivity contribution is 5.76. The molecule has 1 aromatic rings. The largest absolute Gasteiger partial charge is 0.356 e. The Morgan fingerprint density at radius 3 is 2.53 bits per heavy atom. The molecule has 0 saturated carbocycles. The van der Waals surface area contributed by atoms with Gasteiger partial charge in [0.2, 0.25) is 5.91 Å². The zero-order valence-corrected chi connectivity index (χ0v) is 10.7. The molecule has 0 atom stereocenters. The van der Waals surface area contributed by atoms with Crippen molar-refractivity contribution >= 4 is 5.91 Å². The van der Waals surface area contributed by atoms with Crippen molar-refractivity contribution in [1.29, 1.82) is 0 Å². The SMILES string of the molecule is CC(C)(CNC(=O)CCN)Cc1ccccc1. The Bertz CT molecular complexity index is 346. The topological polar surface area (TPSA) is 55.1 Å². The van der Waals surface area contributed by atoms with Crippen LogP contribution in [-0.4, -0.2) is 19.0 Å². The molecular formula is C14H22N2O. The minimum absolute atomic E-state index is 0.0358. The molecule has 1 amide bonds. The van der Waals surface area contributed by atoms with Crippen molar-refractivity contribution in [1.82, 2.24) is 5.32 Å². The predicted octanol–water partition coefficient (Wildman–Crippen LogP) is 1.72. The van der Waals surface area contributed by atoms with Crippen LogP contribution in [0.25, 0.3) is 0 Å². The lowest BCUT2D eigenvalue weighted by molar-refractivity contribution is -0.121. The second kappa shape index (κ2) is 6.40. The van der Waals surface area contributed by atoms with Crippen molar-refractivity contribution in [3.8, 4) is 0 Å². The van der Waals surface area contributed by atoms with Crippen LogP contribution in [0.15, 0.2) is 30.3 Å². The monoisotopic (exact) mass is 234 g/mol. The number of nitrogens with two attached hydrogens (primary N) is 1. The number of hydrogen-bond acceptors (Lipinski definition) is 2.